The van der Waals surface area contributed by atoms with Crippen LogP contribution in [0.4, 0.5) is 5.69 Å². The van der Waals surface area contributed by atoms with Crippen LogP contribution in [0.3, 0.4) is 0 Å². The lowest BCUT2D eigenvalue weighted by atomic mass is 10.1. The van der Waals surface area contributed by atoms with Gasteiger partial charge in [-0.25, -0.2) is 0 Å². The minimum absolute atomic E-state index is 0.0817. The Bertz CT molecular complexity index is 1050. The highest BCUT2D eigenvalue weighted by atomic mass is 32.1. The Morgan fingerprint density at radius 3 is 2.56 bits per heavy atom. The van der Waals surface area contributed by atoms with Crippen LogP contribution >= 0.6 is 11.3 Å². The van der Waals surface area contributed by atoms with Gasteiger partial charge in [-0.15, -0.1) is 11.3 Å². The van der Waals surface area contributed by atoms with Crippen molar-refractivity contribution in [2.24, 2.45) is 0 Å². The molecule has 32 heavy (non-hydrogen) atoms. The average molecular weight is 453 g/mol. The Kier molecular flexibility index (Phi) is 8.41. The standard InChI is InChI=1S/C25H28N2O4S/c1-4-27(16-25(29)26-22-10-6-5-9-21(22)18(2)28)15-19-11-12-23(24(14-19)30-3)31-17-20-8-7-13-32-20/h5-14H,4,15-17H2,1-3H3,(H,26,29). The number of ether oxygens (including phenoxy) is 2. The lowest BCUT2D eigenvalue weighted by molar-refractivity contribution is -0.117. The number of nitrogens with zero attached hydrogens (tertiary/aromatic N) is 1. The molecule has 0 bridgehead atoms. The summed E-state index contributed by atoms with van der Waals surface area (Å²) in [6.45, 7) is 5.48. The van der Waals surface area contributed by atoms with E-state index in [2.05, 4.69) is 5.32 Å². The van der Waals surface area contributed by atoms with E-state index >= 15 is 0 Å². The molecule has 0 saturated carbocycles. The molecule has 0 atom stereocenters. The van der Waals surface area contributed by atoms with Crippen molar-refractivity contribution in [2.45, 2.75) is 27.0 Å². The second kappa shape index (κ2) is 11.5. The van der Waals surface area contributed by atoms with E-state index in [-0.39, 0.29) is 18.2 Å². The molecule has 0 unspecified atom stereocenters. The third-order valence-corrected chi connectivity index (χ3v) is 5.83. The summed E-state index contributed by atoms with van der Waals surface area (Å²) in [5.74, 6) is 1.10. The molecule has 1 N–H and O–H groups in total. The summed E-state index contributed by atoms with van der Waals surface area (Å²) in [5, 5.41) is 4.88. The van der Waals surface area contributed by atoms with Crippen LogP contribution in [0.1, 0.15) is 34.6 Å². The number of ketones is 1. The lowest BCUT2D eigenvalue weighted by Crippen LogP contribution is -2.33. The predicted octanol–water partition coefficient (Wildman–Crippen LogP) is 5.00. The van der Waals surface area contributed by atoms with Crippen molar-refractivity contribution in [1.29, 1.82) is 0 Å². The molecule has 1 amide bonds. The van der Waals surface area contributed by atoms with Gasteiger partial charge in [0.15, 0.2) is 17.3 Å². The zero-order valence-electron chi connectivity index (χ0n) is 18.6. The van der Waals surface area contributed by atoms with Crippen molar-refractivity contribution in [3.05, 3.63) is 76.0 Å². The van der Waals surface area contributed by atoms with Gasteiger partial charge in [0.25, 0.3) is 0 Å². The zero-order valence-corrected chi connectivity index (χ0v) is 19.4. The van der Waals surface area contributed by atoms with E-state index in [0.717, 1.165) is 10.4 Å². The number of nitrogens with one attached hydrogen (secondary N) is 1. The summed E-state index contributed by atoms with van der Waals surface area (Å²) in [6, 6.07) is 16.9. The topological polar surface area (TPSA) is 67.9 Å². The fourth-order valence-corrected chi connectivity index (χ4v) is 3.92. The molecule has 0 radical (unpaired) electrons. The number of hydrogen-bond donors (Lipinski definition) is 1. The van der Waals surface area contributed by atoms with Crippen LogP contribution in [0.15, 0.2) is 60.0 Å². The maximum Gasteiger partial charge on any atom is 0.238 e. The molecule has 0 saturated heterocycles. The first-order valence-electron chi connectivity index (χ1n) is 10.4. The van der Waals surface area contributed by atoms with Crippen LogP contribution in [0, 0.1) is 0 Å². The molecule has 0 aliphatic carbocycles. The summed E-state index contributed by atoms with van der Waals surface area (Å²) in [7, 11) is 1.62. The number of thiophene rings is 1. The van der Waals surface area contributed by atoms with Gasteiger partial charge in [-0.1, -0.05) is 31.2 Å². The van der Waals surface area contributed by atoms with Crippen molar-refractivity contribution in [1.82, 2.24) is 4.90 Å². The van der Waals surface area contributed by atoms with E-state index in [0.29, 0.717) is 42.4 Å². The Hall–Kier alpha value is -3.16. The SMILES string of the molecule is CCN(CC(=O)Nc1ccccc1C(C)=O)Cc1ccc(OCc2cccs2)c(OC)c1. The third-order valence-electron chi connectivity index (χ3n) is 4.98. The fourth-order valence-electron chi connectivity index (χ4n) is 3.30. The number of rotatable bonds is 11. The van der Waals surface area contributed by atoms with Crippen molar-refractivity contribution < 1.29 is 19.1 Å². The van der Waals surface area contributed by atoms with Gasteiger partial charge in [-0.05, 0) is 54.7 Å². The molecule has 3 aromatic rings. The largest absolute Gasteiger partial charge is 0.493 e. The third kappa shape index (κ3) is 6.42. The zero-order chi connectivity index (χ0) is 22.9. The fraction of sp³-hybridized carbons (Fsp3) is 0.280. The average Bonchev–Trinajstić information content (AvgIpc) is 3.31. The number of methoxy groups -OCH3 is 1. The summed E-state index contributed by atoms with van der Waals surface area (Å²) in [6.07, 6.45) is 0. The molecule has 1 aromatic heterocycles. The minimum Gasteiger partial charge on any atom is -0.493 e. The van der Waals surface area contributed by atoms with Crippen LogP contribution < -0.4 is 14.8 Å². The molecule has 168 valence electrons. The number of amides is 1. The van der Waals surface area contributed by atoms with Crippen LogP contribution in [0.25, 0.3) is 0 Å². The quantitative estimate of drug-likeness (QED) is 0.415. The van der Waals surface area contributed by atoms with Gasteiger partial charge in [0, 0.05) is 17.0 Å². The van der Waals surface area contributed by atoms with E-state index in [1.54, 1.807) is 42.7 Å². The molecular weight excluding hydrogens is 424 g/mol. The number of hydrogen-bond acceptors (Lipinski definition) is 6. The normalized spacial score (nSPS) is 10.8. The first kappa shape index (κ1) is 23.5. The van der Waals surface area contributed by atoms with Gasteiger partial charge >= 0.3 is 0 Å². The maximum atomic E-state index is 12.6. The molecule has 2 aromatic carbocycles. The second-order valence-electron chi connectivity index (χ2n) is 7.31. The number of likely N-dealkylation sites (N-methyl/N-ethyl adjacent to an activating group) is 1. The summed E-state index contributed by atoms with van der Waals surface area (Å²) in [4.78, 5) is 27.6. The molecule has 6 nitrogen and oxygen atoms in total. The second-order valence-corrected chi connectivity index (χ2v) is 8.34. The van der Waals surface area contributed by atoms with E-state index in [1.165, 1.54) is 6.92 Å². The Morgan fingerprint density at radius 2 is 1.88 bits per heavy atom. The van der Waals surface area contributed by atoms with Crippen molar-refractivity contribution >= 4 is 28.7 Å². The maximum absolute atomic E-state index is 12.6. The van der Waals surface area contributed by atoms with E-state index in [9.17, 15) is 9.59 Å². The minimum atomic E-state index is -0.164. The molecule has 0 fully saturated rings. The number of Topliss-reactive ketones (excluding diaryl/α,β-unsaturated/α-hetero) is 1. The number of para-hydroxylation sites is 1. The van der Waals surface area contributed by atoms with Gasteiger partial charge in [-0.2, -0.15) is 0 Å². The van der Waals surface area contributed by atoms with Crippen LogP contribution in [0.5, 0.6) is 11.5 Å². The number of anilines is 1. The Morgan fingerprint density at radius 1 is 1.06 bits per heavy atom. The summed E-state index contributed by atoms with van der Waals surface area (Å²) in [5.41, 5.74) is 2.06. The lowest BCUT2D eigenvalue weighted by Gasteiger charge is -2.21. The highest BCUT2D eigenvalue weighted by Crippen LogP contribution is 2.29. The highest BCUT2D eigenvalue weighted by molar-refractivity contribution is 7.09. The van der Waals surface area contributed by atoms with Crippen molar-refractivity contribution in [2.75, 3.05) is 25.5 Å². The number of carbonyl (C=O) groups is 2. The number of carbonyl (C=O) groups excluding carboxylic acids is 2. The molecule has 0 aliphatic heterocycles. The van der Waals surface area contributed by atoms with E-state index < -0.39 is 0 Å². The van der Waals surface area contributed by atoms with Gasteiger partial charge in [-0.3, -0.25) is 14.5 Å². The van der Waals surface area contributed by atoms with Crippen LogP contribution in [0.2, 0.25) is 0 Å². The molecular formula is C25H28N2O4S. The van der Waals surface area contributed by atoms with Crippen molar-refractivity contribution in [3.8, 4) is 11.5 Å². The number of benzene rings is 2. The summed E-state index contributed by atoms with van der Waals surface area (Å²) >= 11 is 1.65. The Balaban J connectivity index is 1.62. The molecule has 1 heterocycles. The van der Waals surface area contributed by atoms with Gasteiger partial charge in [0.05, 0.1) is 19.3 Å². The molecule has 0 aliphatic rings. The van der Waals surface area contributed by atoms with Crippen LogP contribution in [-0.4, -0.2) is 36.8 Å². The Labute approximate surface area is 192 Å². The first-order chi connectivity index (χ1) is 15.5. The van der Waals surface area contributed by atoms with Gasteiger partial charge in [0.1, 0.15) is 6.61 Å². The predicted molar refractivity (Wildman–Crippen MR) is 128 cm³/mol. The van der Waals surface area contributed by atoms with Crippen LogP contribution in [-0.2, 0) is 17.9 Å². The highest BCUT2D eigenvalue weighted by Gasteiger charge is 2.14. The smallest absolute Gasteiger partial charge is 0.238 e. The van der Waals surface area contributed by atoms with Crippen molar-refractivity contribution in [3.63, 3.8) is 0 Å². The molecule has 3 rings (SSSR count). The van der Waals surface area contributed by atoms with Gasteiger partial charge < -0.3 is 14.8 Å². The first-order valence-corrected chi connectivity index (χ1v) is 11.3. The van der Waals surface area contributed by atoms with E-state index in [1.807, 2.05) is 47.5 Å². The van der Waals surface area contributed by atoms with Gasteiger partial charge in [0.2, 0.25) is 5.91 Å². The summed E-state index contributed by atoms with van der Waals surface area (Å²) < 4.78 is 11.4. The monoisotopic (exact) mass is 452 g/mol. The molecule has 0 spiro atoms. The van der Waals surface area contributed by atoms with E-state index in [4.69, 9.17) is 9.47 Å². The molecule has 7 heteroatoms.